The number of furan rings is 1. The Bertz CT molecular complexity index is 1470. The molecule has 7 nitrogen and oxygen atoms in total. The van der Waals surface area contributed by atoms with Crippen LogP contribution in [-0.2, 0) is 0 Å². The van der Waals surface area contributed by atoms with Gasteiger partial charge in [-0.25, -0.2) is 0 Å². The van der Waals surface area contributed by atoms with Crippen molar-refractivity contribution in [2.75, 3.05) is 39.4 Å². The normalized spacial score (nSPS) is 13.9. The standard InChI is InChI=1S/C31H32N4O3.2ClH/c1(2-17-36-26-11-9-22(10-12-26)30-32-13-14-33-30)3-18-37-27-6-4-5-23(19-27)28-20-24-7-8-25(21-29(24)38-28)31-34-15-16-35-31;;/h4-12,19-21H,1-3,13-18H2,(H,32,33)(H,34,35);2*1H. The van der Waals surface area contributed by atoms with E-state index >= 15 is 0 Å². The number of unbranched alkanes of at least 4 members (excludes halogenated alkanes) is 2. The van der Waals surface area contributed by atoms with Gasteiger partial charge in [-0.15, -0.1) is 24.8 Å². The smallest absolute Gasteiger partial charge is 0.135 e. The number of ether oxygens (including phenoxy) is 2. The number of benzene rings is 3. The van der Waals surface area contributed by atoms with Gasteiger partial charge in [0.05, 0.1) is 26.3 Å². The number of halogens is 2. The van der Waals surface area contributed by atoms with E-state index in [1.807, 2.05) is 30.3 Å². The molecule has 0 fully saturated rings. The summed E-state index contributed by atoms with van der Waals surface area (Å²) in [5, 5.41) is 7.68. The fourth-order valence-corrected chi connectivity index (χ4v) is 4.71. The molecule has 6 rings (SSSR count). The maximum absolute atomic E-state index is 6.19. The Morgan fingerprint density at radius 3 is 2.02 bits per heavy atom. The highest BCUT2D eigenvalue weighted by Gasteiger charge is 2.12. The van der Waals surface area contributed by atoms with E-state index in [1.54, 1.807) is 0 Å². The van der Waals surface area contributed by atoms with Crippen LogP contribution in [0, 0.1) is 0 Å². The van der Waals surface area contributed by atoms with Crippen molar-refractivity contribution in [3.63, 3.8) is 0 Å². The van der Waals surface area contributed by atoms with Crippen LogP contribution in [0.25, 0.3) is 22.3 Å². The highest BCUT2D eigenvalue weighted by molar-refractivity contribution is 6.02. The monoisotopic (exact) mass is 580 g/mol. The van der Waals surface area contributed by atoms with Crippen LogP contribution in [0.2, 0.25) is 0 Å². The third-order valence-electron chi connectivity index (χ3n) is 6.71. The lowest BCUT2D eigenvalue weighted by Crippen LogP contribution is -2.19. The van der Waals surface area contributed by atoms with Crippen molar-refractivity contribution in [1.82, 2.24) is 10.6 Å². The van der Waals surface area contributed by atoms with Gasteiger partial charge < -0.3 is 24.5 Å². The Morgan fingerprint density at radius 2 is 1.32 bits per heavy atom. The molecular formula is C31H34Cl2N4O3. The second-order valence-electron chi connectivity index (χ2n) is 9.49. The van der Waals surface area contributed by atoms with E-state index in [0.717, 1.165) is 102 Å². The fourth-order valence-electron chi connectivity index (χ4n) is 4.71. The summed E-state index contributed by atoms with van der Waals surface area (Å²) in [6, 6.07) is 24.5. The summed E-state index contributed by atoms with van der Waals surface area (Å²) < 4.78 is 18.1. The fraction of sp³-hybridized carbons (Fsp3) is 0.290. The van der Waals surface area contributed by atoms with Crippen molar-refractivity contribution in [2.24, 2.45) is 9.98 Å². The molecule has 2 aliphatic heterocycles. The molecule has 2 N–H and O–H groups in total. The van der Waals surface area contributed by atoms with Crippen LogP contribution in [-0.4, -0.2) is 51.1 Å². The highest BCUT2D eigenvalue weighted by Crippen LogP contribution is 2.30. The van der Waals surface area contributed by atoms with Crippen LogP contribution in [0.4, 0.5) is 0 Å². The Balaban J connectivity index is 0.00000185. The molecule has 40 heavy (non-hydrogen) atoms. The molecule has 9 heteroatoms. The summed E-state index contributed by atoms with van der Waals surface area (Å²) in [5.74, 6) is 4.49. The van der Waals surface area contributed by atoms with Gasteiger partial charge in [0, 0.05) is 35.2 Å². The summed E-state index contributed by atoms with van der Waals surface area (Å²) in [6.07, 6.45) is 3.01. The lowest BCUT2D eigenvalue weighted by molar-refractivity contribution is 0.279. The first-order valence-corrected chi connectivity index (χ1v) is 13.4. The topological polar surface area (TPSA) is 80.4 Å². The lowest BCUT2D eigenvalue weighted by Gasteiger charge is -2.09. The third-order valence-corrected chi connectivity index (χ3v) is 6.71. The molecule has 0 spiro atoms. The molecule has 4 aromatic rings. The molecule has 0 saturated heterocycles. The number of fused-ring (bicyclic) bond motifs is 1. The molecule has 210 valence electrons. The van der Waals surface area contributed by atoms with Crippen LogP contribution in [0.1, 0.15) is 30.4 Å². The molecule has 3 aromatic carbocycles. The molecule has 0 aliphatic carbocycles. The SMILES string of the molecule is Cl.Cl.c1cc(OCCCCCOc2ccc(C3=NCCN3)cc2)cc(-c2cc3ccc(C4=NCCN4)cc3o2)c1. The summed E-state index contributed by atoms with van der Waals surface area (Å²) in [7, 11) is 0. The molecule has 0 radical (unpaired) electrons. The number of rotatable bonds is 11. The van der Waals surface area contributed by atoms with Crippen LogP contribution < -0.4 is 20.1 Å². The summed E-state index contributed by atoms with van der Waals surface area (Å²) in [5.41, 5.74) is 4.03. The molecule has 2 aliphatic rings. The Hall–Kier alpha value is -3.68. The zero-order valence-corrected chi connectivity index (χ0v) is 23.9. The maximum atomic E-state index is 6.19. The van der Waals surface area contributed by atoms with E-state index < -0.39 is 0 Å². The minimum absolute atomic E-state index is 0. The minimum Gasteiger partial charge on any atom is -0.494 e. The summed E-state index contributed by atoms with van der Waals surface area (Å²) in [4.78, 5) is 8.95. The molecule has 0 bridgehead atoms. The van der Waals surface area contributed by atoms with Crippen LogP contribution in [0.15, 0.2) is 87.2 Å². The number of hydrogen-bond acceptors (Lipinski definition) is 7. The zero-order valence-electron chi connectivity index (χ0n) is 22.2. The van der Waals surface area contributed by atoms with E-state index in [2.05, 4.69) is 63.1 Å². The van der Waals surface area contributed by atoms with Crippen molar-refractivity contribution >= 4 is 47.5 Å². The highest BCUT2D eigenvalue weighted by atomic mass is 35.5. The van der Waals surface area contributed by atoms with E-state index in [0.29, 0.717) is 13.2 Å². The number of nitrogens with one attached hydrogen (secondary N) is 2. The molecule has 0 atom stereocenters. The lowest BCUT2D eigenvalue weighted by atomic mass is 10.1. The van der Waals surface area contributed by atoms with E-state index in [9.17, 15) is 0 Å². The van der Waals surface area contributed by atoms with Gasteiger partial charge in [0.25, 0.3) is 0 Å². The molecular weight excluding hydrogens is 547 g/mol. The summed E-state index contributed by atoms with van der Waals surface area (Å²) in [6.45, 7) is 4.85. The number of nitrogens with zero attached hydrogens (tertiary/aromatic N) is 2. The number of amidine groups is 2. The average molecular weight is 582 g/mol. The quantitative estimate of drug-likeness (QED) is 0.204. The van der Waals surface area contributed by atoms with Gasteiger partial charge >= 0.3 is 0 Å². The Labute approximate surface area is 246 Å². The molecule has 1 aromatic heterocycles. The van der Waals surface area contributed by atoms with Crippen LogP contribution >= 0.6 is 24.8 Å². The first-order valence-electron chi connectivity index (χ1n) is 13.4. The molecule has 0 amide bonds. The van der Waals surface area contributed by atoms with Crippen LogP contribution in [0.3, 0.4) is 0 Å². The Morgan fingerprint density at radius 1 is 0.650 bits per heavy atom. The van der Waals surface area contributed by atoms with Crippen molar-refractivity contribution in [1.29, 1.82) is 0 Å². The van der Waals surface area contributed by atoms with Gasteiger partial charge in [-0.1, -0.05) is 24.3 Å². The number of aliphatic imine (C=N–C) groups is 2. The predicted octanol–water partition coefficient (Wildman–Crippen LogP) is 6.27. The van der Waals surface area contributed by atoms with Crippen molar-refractivity contribution < 1.29 is 13.9 Å². The maximum Gasteiger partial charge on any atom is 0.135 e. The van der Waals surface area contributed by atoms with E-state index in [1.165, 1.54) is 0 Å². The van der Waals surface area contributed by atoms with Gasteiger partial charge in [0.15, 0.2) is 0 Å². The van der Waals surface area contributed by atoms with Gasteiger partial charge in [0.2, 0.25) is 0 Å². The predicted molar refractivity (Wildman–Crippen MR) is 166 cm³/mol. The number of hydrogen-bond donors (Lipinski definition) is 2. The Kier molecular flexibility index (Phi) is 10.3. The first-order chi connectivity index (χ1) is 18.8. The minimum atomic E-state index is 0. The second-order valence-corrected chi connectivity index (χ2v) is 9.49. The van der Waals surface area contributed by atoms with E-state index in [4.69, 9.17) is 13.9 Å². The third kappa shape index (κ3) is 7.09. The molecule has 0 unspecified atom stereocenters. The van der Waals surface area contributed by atoms with Crippen molar-refractivity contribution in [3.8, 4) is 22.8 Å². The van der Waals surface area contributed by atoms with Gasteiger partial charge in [0.1, 0.15) is 34.5 Å². The van der Waals surface area contributed by atoms with Crippen molar-refractivity contribution in [2.45, 2.75) is 19.3 Å². The van der Waals surface area contributed by atoms with Gasteiger partial charge in [-0.2, -0.15) is 0 Å². The first kappa shape index (κ1) is 29.3. The van der Waals surface area contributed by atoms with Gasteiger partial charge in [-0.3, -0.25) is 9.98 Å². The van der Waals surface area contributed by atoms with Crippen LogP contribution in [0.5, 0.6) is 11.5 Å². The van der Waals surface area contributed by atoms with Gasteiger partial charge in [-0.05, 0) is 67.8 Å². The average Bonchev–Trinajstić information content (AvgIpc) is 3.74. The van der Waals surface area contributed by atoms with E-state index in [-0.39, 0.29) is 24.8 Å². The summed E-state index contributed by atoms with van der Waals surface area (Å²) >= 11 is 0. The van der Waals surface area contributed by atoms with Crippen molar-refractivity contribution in [3.05, 3.63) is 83.9 Å². The second kappa shape index (κ2) is 14.1. The zero-order chi connectivity index (χ0) is 25.6. The molecule has 3 heterocycles. The molecule has 0 saturated carbocycles. The largest absolute Gasteiger partial charge is 0.494 e.